The number of hydrogen-bond acceptors (Lipinski definition) is 2. The second-order valence-corrected chi connectivity index (χ2v) is 4.65. The molecule has 0 unspecified atom stereocenters. The number of nitrogen functional groups attached to an aromatic ring is 1. The van der Waals surface area contributed by atoms with Crippen molar-refractivity contribution in [3.05, 3.63) is 23.3 Å². The van der Waals surface area contributed by atoms with Crippen LogP contribution in [0.2, 0.25) is 0 Å². The zero-order chi connectivity index (χ0) is 12.4. The summed E-state index contributed by atoms with van der Waals surface area (Å²) in [5.74, 6) is 0. The minimum atomic E-state index is -0.0440. The molecule has 4 heteroatoms. The molecule has 0 aliphatic carbocycles. The first-order valence-electron chi connectivity index (χ1n) is 6.00. The van der Waals surface area contributed by atoms with Gasteiger partial charge < -0.3 is 16.0 Å². The van der Waals surface area contributed by atoms with Gasteiger partial charge in [-0.25, -0.2) is 4.79 Å². The Morgan fingerprint density at radius 3 is 2.47 bits per heavy atom. The molecule has 92 valence electrons. The van der Waals surface area contributed by atoms with Gasteiger partial charge in [-0.05, 0) is 49.9 Å². The fourth-order valence-electron chi connectivity index (χ4n) is 2.06. The third-order valence-electron chi connectivity index (χ3n) is 3.30. The summed E-state index contributed by atoms with van der Waals surface area (Å²) in [6.07, 6.45) is 2.19. The number of carbonyl (C=O) groups is 1. The molecule has 2 amide bonds. The van der Waals surface area contributed by atoms with Crippen LogP contribution in [0, 0.1) is 13.8 Å². The van der Waals surface area contributed by atoms with E-state index in [1.54, 1.807) is 0 Å². The normalized spacial score (nSPS) is 15.1. The zero-order valence-corrected chi connectivity index (χ0v) is 10.4. The molecule has 0 atom stereocenters. The molecule has 0 bridgehead atoms. The zero-order valence-electron chi connectivity index (χ0n) is 10.4. The highest BCUT2D eigenvalue weighted by Crippen LogP contribution is 2.23. The van der Waals surface area contributed by atoms with E-state index >= 15 is 0 Å². The first-order chi connectivity index (χ1) is 8.08. The third kappa shape index (κ3) is 2.52. The Morgan fingerprint density at radius 1 is 1.24 bits per heavy atom. The van der Waals surface area contributed by atoms with Gasteiger partial charge in [0.1, 0.15) is 0 Å². The molecule has 17 heavy (non-hydrogen) atoms. The van der Waals surface area contributed by atoms with Crippen LogP contribution in [0.1, 0.15) is 24.0 Å². The van der Waals surface area contributed by atoms with Crippen molar-refractivity contribution in [1.82, 2.24) is 4.90 Å². The molecule has 1 aliphatic rings. The van der Waals surface area contributed by atoms with Gasteiger partial charge >= 0.3 is 6.03 Å². The van der Waals surface area contributed by atoms with Crippen LogP contribution in [0.5, 0.6) is 0 Å². The van der Waals surface area contributed by atoms with E-state index < -0.39 is 0 Å². The third-order valence-corrected chi connectivity index (χ3v) is 3.30. The molecule has 1 fully saturated rings. The highest BCUT2D eigenvalue weighted by Gasteiger charge is 2.18. The molecule has 0 spiro atoms. The number of aryl methyl sites for hydroxylation is 2. The number of hydrogen-bond donors (Lipinski definition) is 2. The Balaban J connectivity index is 2.12. The Labute approximate surface area is 102 Å². The van der Waals surface area contributed by atoms with Crippen LogP contribution in [0.15, 0.2) is 12.1 Å². The molecule has 3 N–H and O–H groups in total. The van der Waals surface area contributed by atoms with Crippen molar-refractivity contribution >= 4 is 17.4 Å². The summed E-state index contributed by atoms with van der Waals surface area (Å²) in [4.78, 5) is 13.8. The van der Waals surface area contributed by atoms with Crippen LogP contribution >= 0.6 is 0 Å². The second-order valence-electron chi connectivity index (χ2n) is 4.65. The molecule has 1 aromatic carbocycles. The van der Waals surface area contributed by atoms with Crippen LogP contribution < -0.4 is 11.1 Å². The van der Waals surface area contributed by atoms with Crippen molar-refractivity contribution in [3.8, 4) is 0 Å². The molecule has 0 aromatic heterocycles. The van der Waals surface area contributed by atoms with Crippen molar-refractivity contribution < 1.29 is 4.79 Å². The summed E-state index contributed by atoms with van der Waals surface area (Å²) in [6, 6.07) is 3.78. The highest BCUT2D eigenvalue weighted by atomic mass is 16.2. The number of nitrogens with one attached hydrogen (secondary N) is 1. The molecular weight excluding hydrogens is 214 g/mol. The van der Waals surface area contributed by atoms with Crippen molar-refractivity contribution in [1.29, 1.82) is 0 Å². The predicted molar refractivity (Wildman–Crippen MR) is 70.2 cm³/mol. The van der Waals surface area contributed by atoms with Crippen molar-refractivity contribution in [2.75, 3.05) is 24.1 Å². The Bertz CT molecular complexity index is 437. The lowest BCUT2D eigenvalue weighted by Crippen LogP contribution is -2.32. The molecule has 1 heterocycles. The number of urea groups is 1. The fourth-order valence-corrected chi connectivity index (χ4v) is 2.06. The van der Waals surface area contributed by atoms with Gasteiger partial charge in [-0.15, -0.1) is 0 Å². The maximum absolute atomic E-state index is 11.9. The van der Waals surface area contributed by atoms with E-state index in [2.05, 4.69) is 5.32 Å². The van der Waals surface area contributed by atoms with Gasteiger partial charge in [0.05, 0.1) is 11.4 Å². The van der Waals surface area contributed by atoms with Gasteiger partial charge in [0, 0.05) is 13.1 Å². The van der Waals surface area contributed by atoms with E-state index in [4.69, 9.17) is 5.73 Å². The summed E-state index contributed by atoms with van der Waals surface area (Å²) in [6.45, 7) is 5.71. The SMILES string of the molecule is Cc1cc(N)c(NC(=O)N2CCCC2)cc1C. The minimum absolute atomic E-state index is 0.0440. The number of nitrogens with zero attached hydrogens (tertiary/aromatic N) is 1. The lowest BCUT2D eigenvalue weighted by Gasteiger charge is -2.18. The predicted octanol–water partition coefficient (Wildman–Crippen LogP) is 2.51. The molecule has 4 nitrogen and oxygen atoms in total. The summed E-state index contributed by atoms with van der Waals surface area (Å²) in [7, 11) is 0. The average Bonchev–Trinajstić information content (AvgIpc) is 2.79. The topological polar surface area (TPSA) is 58.4 Å². The maximum atomic E-state index is 11.9. The van der Waals surface area contributed by atoms with E-state index in [-0.39, 0.29) is 6.03 Å². The van der Waals surface area contributed by atoms with Crippen molar-refractivity contribution in [3.63, 3.8) is 0 Å². The van der Waals surface area contributed by atoms with E-state index in [1.807, 2.05) is 30.9 Å². The molecule has 0 saturated carbocycles. The van der Waals surface area contributed by atoms with Crippen molar-refractivity contribution in [2.24, 2.45) is 0 Å². The molecule has 1 aliphatic heterocycles. The first-order valence-corrected chi connectivity index (χ1v) is 6.00. The van der Waals surface area contributed by atoms with Gasteiger partial charge in [0.15, 0.2) is 0 Å². The van der Waals surface area contributed by atoms with Gasteiger partial charge in [-0.3, -0.25) is 0 Å². The maximum Gasteiger partial charge on any atom is 0.321 e. The first kappa shape index (κ1) is 11.8. The van der Waals surface area contributed by atoms with E-state index in [9.17, 15) is 4.79 Å². The quantitative estimate of drug-likeness (QED) is 0.732. The lowest BCUT2D eigenvalue weighted by molar-refractivity contribution is 0.222. The van der Waals surface area contributed by atoms with Gasteiger partial charge in [0.25, 0.3) is 0 Å². The summed E-state index contributed by atoms with van der Waals surface area (Å²) in [5.41, 5.74) is 9.52. The summed E-state index contributed by atoms with van der Waals surface area (Å²) >= 11 is 0. The number of likely N-dealkylation sites (tertiary alicyclic amines) is 1. The Hall–Kier alpha value is -1.71. The Morgan fingerprint density at radius 2 is 1.82 bits per heavy atom. The molecule has 1 aromatic rings. The molecule has 2 rings (SSSR count). The summed E-state index contributed by atoms with van der Waals surface area (Å²) < 4.78 is 0. The number of rotatable bonds is 1. The lowest BCUT2D eigenvalue weighted by atomic mass is 10.1. The monoisotopic (exact) mass is 233 g/mol. The number of nitrogens with two attached hydrogens (primary N) is 1. The fraction of sp³-hybridized carbons (Fsp3) is 0.462. The van der Waals surface area contributed by atoms with Crippen LogP contribution in [0.4, 0.5) is 16.2 Å². The largest absolute Gasteiger partial charge is 0.397 e. The van der Waals surface area contributed by atoms with Crippen LogP contribution in [-0.4, -0.2) is 24.0 Å². The van der Waals surface area contributed by atoms with Gasteiger partial charge in [0.2, 0.25) is 0 Å². The van der Waals surface area contributed by atoms with E-state index in [0.29, 0.717) is 11.4 Å². The van der Waals surface area contributed by atoms with Gasteiger partial charge in [-0.2, -0.15) is 0 Å². The highest BCUT2D eigenvalue weighted by molar-refractivity contribution is 5.93. The van der Waals surface area contributed by atoms with Gasteiger partial charge in [-0.1, -0.05) is 0 Å². The number of anilines is 2. The minimum Gasteiger partial charge on any atom is -0.397 e. The summed E-state index contributed by atoms with van der Waals surface area (Å²) in [5, 5.41) is 2.88. The smallest absolute Gasteiger partial charge is 0.321 e. The second kappa shape index (κ2) is 4.65. The molecule has 1 saturated heterocycles. The standard InChI is InChI=1S/C13H19N3O/c1-9-7-11(14)12(8-10(9)2)15-13(17)16-5-3-4-6-16/h7-8H,3-6,14H2,1-2H3,(H,15,17). The Kier molecular flexibility index (Phi) is 3.22. The number of carbonyl (C=O) groups excluding carboxylic acids is 1. The van der Waals surface area contributed by atoms with E-state index in [1.165, 1.54) is 0 Å². The number of benzene rings is 1. The van der Waals surface area contributed by atoms with Crippen molar-refractivity contribution in [2.45, 2.75) is 26.7 Å². The van der Waals surface area contributed by atoms with E-state index in [0.717, 1.165) is 37.1 Å². The van der Waals surface area contributed by atoms with Crippen LogP contribution in [0.25, 0.3) is 0 Å². The van der Waals surface area contributed by atoms with Crippen LogP contribution in [0.3, 0.4) is 0 Å². The average molecular weight is 233 g/mol. The molecule has 0 radical (unpaired) electrons. The van der Waals surface area contributed by atoms with Crippen LogP contribution in [-0.2, 0) is 0 Å². The molecular formula is C13H19N3O. The number of amides is 2.